The van der Waals surface area contributed by atoms with Gasteiger partial charge in [0.1, 0.15) is 5.69 Å². The molecule has 0 unspecified atom stereocenters. The van der Waals surface area contributed by atoms with Crippen LogP contribution in [0.1, 0.15) is 34.5 Å². The molecule has 4 rings (SSSR count). The predicted molar refractivity (Wildman–Crippen MR) is 114 cm³/mol. The van der Waals surface area contributed by atoms with Crippen LogP contribution in [0.3, 0.4) is 0 Å². The van der Waals surface area contributed by atoms with Crippen molar-refractivity contribution in [2.75, 3.05) is 44.4 Å². The highest BCUT2D eigenvalue weighted by atomic mass is 32.1. The maximum absolute atomic E-state index is 13.2. The number of amides is 2. The fourth-order valence-electron chi connectivity index (χ4n) is 3.93. The lowest BCUT2D eigenvalue weighted by Gasteiger charge is -2.36. The molecule has 2 aromatic rings. The zero-order chi connectivity index (χ0) is 23.5. The van der Waals surface area contributed by atoms with Gasteiger partial charge in [-0.2, -0.15) is 13.2 Å². The maximum atomic E-state index is 13.2. The number of carbonyl (C=O) groups excluding carboxylic acids is 2. The number of rotatable bonds is 4. The smallest absolute Gasteiger partial charge is 0.381 e. The van der Waals surface area contributed by atoms with Gasteiger partial charge >= 0.3 is 6.18 Å². The molecule has 0 spiro atoms. The number of halogens is 3. The van der Waals surface area contributed by atoms with Gasteiger partial charge in [-0.15, -0.1) is 11.3 Å². The molecule has 0 atom stereocenters. The van der Waals surface area contributed by atoms with Crippen molar-refractivity contribution >= 4 is 28.3 Å². The Kier molecular flexibility index (Phi) is 6.86. The normalized spacial score (nSPS) is 18.6. The van der Waals surface area contributed by atoms with Gasteiger partial charge in [0.2, 0.25) is 5.91 Å². The Bertz CT molecular complexity index is 1000. The SMILES string of the molecule is O=C(NNC(=O)C1(c2cccc(C(F)(F)F)c2)CCOCC1)c1csc(N2CCOCC2)n1. The van der Waals surface area contributed by atoms with E-state index in [0.29, 0.717) is 31.4 Å². The van der Waals surface area contributed by atoms with Gasteiger partial charge in [-0.05, 0) is 24.5 Å². The summed E-state index contributed by atoms with van der Waals surface area (Å²) in [4.78, 5) is 32.1. The zero-order valence-corrected chi connectivity index (χ0v) is 18.4. The minimum absolute atomic E-state index is 0.141. The molecule has 2 fully saturated rings. The largest absolute Gasteiger partial charge is 0.416 e. The second-order valence-corrected chi connectivity index (χ2v) is 8.63. The van der Waals surface area contributed by atoms with Crippen LogP contribution in [0.4, 0.5) is 18.3 Å². The number of nitrogens with one attached hydrogen (secondary N) is 2. The number of nitrogens with zero attached hydrogens (tertiary/aromatic N) is 2. The van der Waals surface area contributed by atoms with Crippen molar-refractivity contribution in [1.82, 2.24) is 15.8 Å². The van der Waals surface area contributed by atoms with Gasteiger partial charge < -0.3 is 14.4 Å². The van der Waals surface area contributed by atoms with Crippen LogP contribution in [0, 0.1) is 0 Å². The van der Waals surface area contributed by atoms with E-state index in [-0.39, 0.29) is 37.3 Å². The molecule has 0 aliphatic carbocycles. The molecule has 178 valence electrons. The molecule has 0 radical (unpaired) electrons. The lowest BCUT2D eigenvalue weighted by molar-refractivity contribution is -0.138. The molecule has 0 saturated carbocycles. The molecule has 33 heavy (non-hydrogen) atoms. The van der Waals surface area contributed by atoms with Crippen LogP contribution in [0.15, 0.2) is 29.6 Å². The molecular weight excluding hydrogens is 461 g/mol. The van der Waals surface area contributed by atoms with Gasteiger partial charge in [0.15, 0.2) is 5.13 Å². The van der Waals surface area contributed by atoms with Crippen molar-refractivity contribution in [2.45, 2.75) is 24.4 Å². The van der Waals surface area contributed by atoms with Gasteiger partial charge in [0.05, 0.1) is 24.2 Å². The number of carbonyl (C=O) groups is 2. The average molecular weight is 485 g/mol. The first kappa shape index (κ1) is 23.5. The van der Waals surface area contributed by atoms with E-state index in [2.05, 4.69) is 15.8 Å². The van der Waals surface area contributed by atoms with Crippen LogP contribution >= 0.6 is 11.3 Å². The Hall–Kier alpha value is -2.70. The highest BCUT2D eigenvalue weighted by molar-refractivity contribution is 7.13. The molecule has 1 aromatic heterocycles. The highest BCUT2D eigenvalue weighted by Crippen LogP contribution is 2.38. The summed E-state index contributed by atoms with van der Waals surface area (Å²) in [6.45, 7) is 2.94. The Morgan fingerprint density at radius 3 is 2.45 bits per heavy atom. The van der Waals surface area contributed by atoms with Crippen LogP contribution in [-0.2, 0) is 25.9 Å². The summed E-state index contributed by atoms with van der Waals surface area (Å²) in [5, 5.41) is 2.27. The lowest BCUT2D eigenvalue weighted by Crippen LogP contribution is -2.53. The topological polar surface area (TPSA) is 92.8 Å². The van der Waals surface area contributed by atoms with Crippen molar-refractivity contribution in [3.8, 4) is 0 Å². The summed E-state index contributed by atoms with van der Waals surface area (Å²) in [6.07, 6.45) is -4.16. The third-order valence-electron chi connectivity index (χ3n) is 5.82. The number of hydrogen-bond donors (Lipinski definition) is 2. The molecule has 2 aliphatic heterocycles. The van der Waals surface area contributed by atoms with E-state index in [9.17, 15) is 22.8 Å². The van der Waals surface area contributed by atoms with E-state index >= 15 is 0 Å². The van der Waals surface area contributed by atoms with E-state index in [1.54, 1.807) is 5.38 Å². The van der Waals surface area contributed by atoms with Crippen molar-refractivity contribution in [3.05, 3.63) is 46.5 Å². The quantitative estimate of drug-likeness (QED) is 0.648. The average Bonchev–Trinajstić information content (AvgIpc) is 3.33. The molecule has 2 amide bonds. The third-order valence-corrected chi connectivity index (χ3v) is 6.72. The van der Waals surface area contributed by atoms with E-state index in [1.807, 2.05) is 4.90 Å². The van der Waals surface area contributed by atoms with Crippen molar-refractivity contribution in [2.24, 2.45) is 0 Å². The molecule has 0 bridgehead atoms. The number of hydrogen-bond acceptors (Lipinski definition) is 7. The van der Waals surface area contributed by atoms with Crippen molar-refractivity contribution < 1.29 is 32.2 Å². The van der Waals surface area contributed by atoms with Crippen molar-refractivity contribution in [3.63, 3.8) is 0 Å². The van der Waals surface area contributed by atoms with Crippen LogP contribution in [0.2, 0.25) is 0 Å². The van der Waals surface area contributed by atoms with E-state index < -0.39 is 29.0 Å². The molecule has 1 aromatic carbocycles. The van der Waals surface area contributed by atoms with Crippen LogP contribution < -0.4 is 15.8 Å². The molecule has 12 heteroatoms. The number of alkyl halides is 3. The number of ether oxygens (including phenoxy) is 2. The minimum atomic E-state index is -4.53. The van der Waals surface area contributed by atoms with Gasteiger partial charge in [0, 0.05) is 31.7 Å². The number of benzene rings is 1. The Labute approximate surface area is 192 Å². The molecule has 2 N–H and O–H groups in total. The summed E-state index contributed by atoms with van der Waals surface area (Å²) in [5.74, 6) is -1.20. The van der Waals surface area contributed by atoms with Gasteiger partial charge in [-0.3, -0.25) is 20.4 Å². The van der Waals surface area contributed by atoms with E-state index in [4.69, 9.17) is 9.47 Å². The maximum Gasteiger partial charge on any atom is 0.416 e. The second-order valence-electron chi connectivity index (χ2n) is 7.80. The minimum Gasteiger partial charge on any atom is -0.381 e. The Balaban J connectivity index is 1.47. The van der Waals surface area contributed by atoms with Crippen molar-refractivity contribution in [1.29, 1.82) is 0 Å². The zero-order valence-electron chi connectivity index (χ0n) is 17.6. The number of anilines is 1. The van der Waals surface area contributed by atoms with Gasteiger partial charge in [-0.25, -0.2) is 4.98 Å². The monoisotopic (exact) mass is 484 g/mol. The van der Waals surface area contributed by atoms with Crippen LogP contribution in [0.5, 0.6) is 0 Å². The molecule has 2 saturated heterocycles. The summed E-state index contributed by atoms with van der Waals surface area (Å²) in [6, 6.07) is 4.73. The Morgan fingerprint density at radius 1 is 1.06 bits per heavy atom. The first-order valence-electron chi connectivity index (χ1n) is 10.4. The van der Waals surface area contributed by atoms with E-state index in [1.165, 1.54) is 23.5 Å². The summed E-state index contributed by atoms with van der Waals surface area (Å²) in [7, 11) is 0. The standard InChI is InChI=1S/C21H23F3N4O4S/c22-21(23,24)15-3-1-2-14(12-15)20(4-8-31-9-5-20)18(30)27-26-17(29)16-13-33-19(25-16)28-6-10-32-11-7-28/h1-3,12-13H,4-11H2,(H,26,29)(H,27,30). The molecule has 8 nitrogen and oxygen atoms in total. The van der Waals surface area contributed by atoms with Gasteiger partial charge in [0.25, 0.3) is 5.91 Å². The molecule has 2 aliphatic rings. The summed E-state index contributed by atoms with van der Waals surface area (Å²) < 4.78 is 50.4. The Morgan fingerprint density at radius 2 is 1.76 bits per heavy atom. The van der Waals surface area contributed by atoms with Crippen LogP contribution in [0.25, 0.3) is 0 Å². The summed E-state index contributed by atoms with van der Waals surface area (Å²) >= 11 is 1.31. The predicted octanol–water partition coefficient (Wildman–Crippen LogP) is 2.51. The van der Waals surface area contributed by atoms with Crippen LogP contribution in [-0.4, -0.2) is 56.3 Å². The first-order chi connectivity index (χ1) is 15.8. The molecular formula is C21H23F3N4O4S. The van der Waals surface area contributed by atoms with Gasteiger partial charge in [-0.1, -0.05) is 18.2 Å². The fourth-order valence-corrected chi connectivity index (χ4v) is 4.79. The highest BCUT2D eigenvalue weighted by Gasteiger charge is 2.43. The number of aromatic nitrogens is 1. The van der Waals surface area contributed by atoms with E-state index in [0.717, 1.165) is 12.1 Å². The summed E-state index contributed by atoms with van der Waals surface area (Å²) in [5.41, 5.74) is 3.03. The number of morpholine rings is 1. The lowest BCUT2D eigenvalue weighted by atomic mass is 9.73. The second kappa shape index (κ2) is 9.65. The first-order valence-corrected chi connectivity index (χ1v) is 11.3. The number of hydrazine groups is 1. The number of thiazole rings is 1. The molecule has 3 heterocycles. The third kappa shape index (κ3) is 5.12. The fraction of sp³-hybridized carbons (Fsp3) is 0.476.